The quantitative estimate of drug-likeness (QED) is 0.890. The fourth-order valence-electron chi connectivity index (χ4n) is 1.69. The van der Waals surface area contributed by atoms with Gasteiger partial charge in [0.05, 0.1) is 12.3 Å². The number of halogens is 1. The zero-order valence-corrected chi connectivity index (χ0v) is 11.9. The average molecular weight is 294 g/mol. The Labute approximate surface area is 120 Å². The summed E-state index contributed by atoms with van der Waals surface area (Å²) in [6.45, 7) is 0.964. The molecule has 1 N–H and O–H groups in total. The van der Waals surface area contributed by atoms with Crippen LogP contribution in [0.3, 0.4) is 0 Å². The van der Waals surface area contributed by atoms with E-state index >= 15 is 0 Å². The van der Waals surface area contributed by atoms with Gasteiger partial charge in [0.15, 0.2) is 0 Å². The molecule has 0 bridgehead atoms. The zero-order valence-electron chi connectivity index (χ0n) is 11.1. The first-order valence-electron chi connectivity index (χ1n) is 6.15. The molecule has 0 aliphatic rings. The smallest absolute Gasteiger partial charge is 0.251 e. The number of amides is 1. The number of carbonyl (C=O) groups is 1. The normalized spacial score (nSPS) is 10.5. The average Bonchev–Trinajstić information content (AvgIpc) is 2.87. The Balaban J connectivity index is 1.81. The fraction of sp³-hybridized carbons (Fsp3) is 0.286. The molecule has 0 atom stereocenters. The van der Waals surface area contributed by atoms with Gasteiger partial charge in [-0.1, -0.05) is 6.07 Å². The summed E-state index contributed by atoms with van der Waals surface area (Å²) in [7, 11) is 1.63. The van der Waals surface area contributed by atoms with Crippen LogP contribution >= 0.6 is 11.3 Å². The van der Waals surface area contributed by atoms with E-state index in [-0.39, 0.29) is 5.91 Å². The summed E-state index contributed by atoms with van der Waals surface area (Å²) in [5, 5.41) is 5.61. The number of hydrogen-bond acceptors (Lipinski definition) is 4. The van der Waals surface area contributed by atoms with Crippen molar-refractivity contribution in [1.82, 2.24) is 10.3 Å². The SMILES string of the molecule is COCc1nc(CCNC(=O)c2cccc(F)c2)cs1. The van der Waals surface area contributed by atoms with E-state index in [9.17, 15) is 9.18 Å². The molecule has 0 spiro atoms. The van der Waals surface area contributed by atoms with Crippen LogP contribution in [0.1, 0.15) is 21.1 Å². The summed E-state index contributed by atoms with van der Waals surface area (Å²) in [4.78, 5) is 16.1. The second-order valence-electron chi connectivity index (χ2n) is 4.18. The molecule has 1 aromatic heterocycles. The highest BCUT2D eigenvalue weighted by Gasteiger charge is 2.07. The van der Waals surface area contributed by atoms with Crippen LogP contribution in [0.25, 0.3) is 0 Å². The molecule has 0 unspecified atom stereocenters. The lowest BCUT2D eigenvalue weighted by Gasteiger charge is -2.04. The van der Waals surface area contributed by atoms with Gasteiger partial charge in [-0.3, -0.25) is 4.79 Å². The van der Waals surface area contributed by atoms with E-state index in [2.05, 4.69) is 10.3 Å². The van der Waals surface area contributed by atoms with E-state index in [1.54, 1.807) is 13.2 Å². The van der Waals surface area contributed by atoms with E-state index in [1.807, 2.05) is 5.38 Å². The number of benzene rings is 1. The Hall–Kier alpha value is -1.79. The van der Waals surface area contributed by atoms with Gasteiger partial charge in [-0.2, -0.15) is 0 Å². The third kappa shape index (κ3) is 4.11. The summed E-state index contributed by atoms with van der Waals surface area (Å²) in [6.07, 6.45) is 0.640. The summed E-state index contributed by atoms with van der Waals surface area (Å²) in [5.74, 6) is -0.696. The van der Waals surface area contributed by atoms with Crippen LogP contribution in [0.5, 0.6) is 0 Å². The minimum atomic E-state index is -0.415. The monoisotopic (exact) mass is 294 g/mol. The highest BCUT2D eigenvalue weighted by atomic mass is 32.1. The Morgan fingerprint density at radius 3 is 3.10 bits per heavy atom. The molecule has 1 amide bonds. The number of rotatable bonds is 6. The number of carbonyl (C=O) groups excluding carboxylic acids is 1. The lowest BCUT2D eigenvalue weighted by Crippen LogP contribution is -2.25. The third-order valence-corrected chi connectivity index (χ3v) is 3.49. The first kappa shape index (κ1) is 14.6. The first-order chi connectivity index (χ1) is 9.69. The Bertz CT molecular complexity index is 586. The number of nitrogens with zero attached hydrogens (tertiary/aromatic N) is 1. The number of ether oxygens (including phenoxy) is 1. The van der Waals surface area contributed by atoms with Gasteiger partial charge in [0, 0.05) is 31.0 Å². The fourth-order valence-corrected chi connectivity index (χ4v) is 2.49. The third-order valence-electron chi connectivity index (χ3n) is 2.62. The lowest BCUT2D eigenvalue weighted by molar-refractivity contribution is 0.0953. The number of hydrogen-bond donors (Lipinski definition) is 1. The van der Waals surface area contributed by atoms with Crippen molar-refractivity contribution in [2.24, 2.45) is 0 Å². The van der Waals surface area contributed by atoms with Crippen LogP contribution in [0.2, 0.25) is 0 Å². The van der Waals surface area contributed by atoms with Gasteiger partial charge >= 0.3 is 0 Å². The Morgan fingerprint density at radius 1 is 1.50 bits per heavy atom. The van der Waals surface area contributed by atoms with Gasteiger partial charge in [-0.25, -0.2) is 9.37 Å². The highest BCUT2D eigenvalue weighted by Crippen LogP contribution is 2.11. The van der Waals surface area contributed by atoms with Crippen molar-refractivity contribution in [2.75, 3.05) is 13.7 Å². The standard InChI is InChI=1S/C14H15FN2O2S/c1-19-8-13-17-12(9-20-13)5-6-16-14(18)10-3-2-4-11(15)7-10/h2-4,7,9H,5-6,8H2,1H3,(H,16,18). The second-order valence-corrected chi connectivity index (χ2v) is 5.12. The number of methoxy groups -OCH3 is 1. The predicted octanol–water partition coefficient (Wildman–Crippen LogP) is 2.40. The molecule has 0 saturated heterocycles. The van der Waals surface area contributed by atoms with Gasteiger partial charge in [0.2, 0.25) is 0 Å². The molecule has 106 valence electrons. The molecule has 20 heavy (non-hydrogen) atoms. The van der Waals surface area contributed by atoms with Gasteiger partial charge in [0.25, 0.3) is 5.91 Å². The van der Waals surface area contributed by atoms with E-state index in [1.165, 1.54) is 29.5 Å². The van der Waals surface area contributed by atoms with E-state index < -0.39 is 5.82 Å². The molecular formula is C14H15FN2O2S. The van der Waals surface area contributed by atoms with Gasteiger partial charge in [-0.05, 0) is 18.2 Å². The Morgan fingerprint density at radius 2 is 2.35 bits per heavy atom. The highest BCUT2D eigenvalue weighted by molar-refractivity contribution is 7.09. The van der Waals surface area contributed by atoms with Gasteiger partial charge in [0.1, 0.15) is 10.8 Å². The maximum absolute atomic E-state index is 13.0. The molecule has 1 aromatic carbocycles. The number of thiazole rings is 1. The molecule has 0 aliphatic heterocycles. The summed E-state index contributed by atoms with van der Waals surface area (Å²) in [5.41, 5.74) is 1.24. The summed E-state index contributed by atoms with van der Waals surface area (Å²) < 4.78 is 18.0. The maximum atomic E-state index is 13.0. The molecule has 1 heterocycles. The van der Waals surface area contributed by atoms with Crippen LogP contribution in [-0.2, 0) is 17.8 Å². The van der Waals surface area contributed by atoms with Crippen LogP contribution < -0.4 is 5.32 Å². The largest absolute Gasteiger partial charge is 0.378 e. The number of aromatic nitrogens is 1. The molecule has 0 radical (unpaired) electrons. The maximum Gasteiger partial charge on any atom is 0.251 e. The lowest BCUT2D eigenvalue weighted by atomic mass is 10.2. The Kier molecular flexibility index (Phi) is 5.20. The van der Waals surface area contributed by atoms with Crippen molar-refractivity contribution < 1.29 is 13.9 Å². The first-order valence-corrected chi connectivity index (χ1v) is 7.03. The topological polar surface area (TPSA) is 51.2 Å². The van der Waals surface area contributed by atoms with Crippen molar-refractivity contribution >= 4 is 17.2 Å². The second kappa shape index (κ2) is 7.12. The van der Waals surface area contributed by atoms with Crippen molar-refractivity contribution in [3.8, 4) is 0 Å². The predicted molar refractivity (Wildman–Crippen MR) is 75.3 cm³/mol. The van der Waals surface area contributed by atoms with Gasteiger partial charge < -0.3 is 10.1 Å². The number of nitrogens with one attached hydrogen (secondary N) is 1. The molecule has 0 fully saturated rings. The molecule has 2 rings (SSSR count). The van der Waals surface area contributed by atoms with Gasteiger partial charge in [-0.15, -0.1) is 11.3 Å². The van der Waals surface area contributed by atoms with Crippen molar-refractivity contribution in [1.29, 1.82) is 0 Å². The minimum Gasteiger partial charge on any atom is -0.378 e. The molecule has 0 saturated carbocycles. The molecule has 2 aromatic rings. The van der Waals surface area contributed by atoms with E-state index in [0.717, 1.165) is 10.7 Å². The minimum absolute atomic E-state index is 0.281. The van der Waals surface area contributed by atoms with Crippen molar-refractivity contribution in [3.63, 3.8) is 0 Å². The molecule has 0 aliphatic carbocycles. The van der Waals surface area contributed by atoms with Crippen LogP contribution in [0, 0.1) is 5.82 Å². The van der Waals surface area contributed by atoms with Crippen LogP contribution in [0.15, 0.2) is 29.6 Å². The van der Waals surface area contributed by atoms with Crippen LogP contribution in [-0.4, -0.2) is 24.5 Å². The zero-order chi connectivity index (χ0) is 14.4. The van der Waals surface area contributed by atoms with Crippen molar-refractivity contribution in [2.45, 2.75) is 13.0 Å². The summed E-state index contributed by atoms with van der Waals surface area (Å²) in [6, 6.07) is 5.62. The van der Waals surface area contributed by atoms with Crippen molar-refractivity contribution in [3.05, 3.63) is 51.7 Å². The van der Waals surface area contributed by atoms with E-state index in [0.29, 0.717) is 25.1 Å². The van der Waals surface area contributed by atoms with E-state index in [4.69, 9.17) is 4.74 Å². The molecular weight excluding hydrogens is 279 g/mol. The summed E-state index contributed by atoms with van der Waals surface area (Å²) >= 11 is 1.53. The van der Waals surface area contributed by atoms with Crippen LogP contribution in [0.4, 0.5) is 4.39 Å². The molecule has 4 nitrogen and oxygen atoms in total. The molecule has 6 heteroatoms.